The Bertz CT molecular complexity index is 3010. The predicted molar refractivity (Wildman–Crippen MR) is 217 cm³/mol. The fourth-order valence-electron chi connectivity index (χ4n) is 8.87. The Hall–Kier alpha value is -6.32. The summed E-state index contributed by atoms with van der Waals surface area (Å²) >= 11 is 0. The number of allylic oxidation sites excluding steroid dienone is 8. The van der Waals surface area contributed by atoms with Crippen molar-refractivity contribution >= 4 is 71.1 Å². The lowest BCUT2D eigenvalue weighted by Gasteiger charge is -2.18. The van der Waals surface area contributed by atoms with E-state index in [-0.39, 0.29) is 0 Å². The smallest absolute Gasteiger partial charge is 0.0560 e. The van der Waals surface area contributed by atoms with Gasteiger partial charge in [0.05, 0.1) is 28.1 Å². The van der Waals surface area contributed by atoms with Gasteiger partial charge in [-0.25, -0.2) is 0 Å². The quantitative estimate of drug-likeness (QED) is 0.180. The molecule has 6 aromatic carbocycles. The zero-order valence-corrected chi connectivity index (χ0v) is 28.2. The van der Waals surface area contributed by atoms with Crippen molar-refractivity contribution in [1.29, 1.82) is 0 Å². The average Bonchev–Trinajstić information content (AvgIpc) is 3.83. The molecule has 0 N–H and O–H groups in total. The third kappa shape index (κ3) is 4.25. The maximum atomic E-state index is 2.52. The zero-order chi connectivity index (χ0) is 33.5. The average molecular weight is 654 g/mol. The summed E-state index contributed by atoms with van der Waals surface area (Å²) in [5.41, 5.74) is 12.4. The summed E-state index contributed by atoms with van der Waals surface area (Å²) in [4.78, 5) is 0. The molecule has 242 valence electrons. The first kappa shape index (κ1) is 28.5. The summed E-state index contributed by atoms with van der Waals surface area (Å²) in [5.74, 6) is 0. The summed E-state index contributed by atoms with van der Waals surface area (Å²) < 4.78 is 7.40. The summed E-state index contributed by atoms with van der Waals surface area (Å²) in [5, 5.41) is 7.71. The largest absolute Gasteiger partial charge is 0.333 e. The molecule has 0 radical (unpaired) electrons. The lowest BCUT2D eigenvalue weighted by atomic mass is 10.0. The predicted octanol–water partition coefficient (Wildman–Crippen LogP) is 12.9. The Morgan fingerprint density at radius 3 is 1.69 bits per heavy atom. The normalized spacial score (nSPS) is 16.1. The van der Waals surface area contributed by atoms with Crippen LogP contribution < -0.4 is 0 Å². The third-order valence-electron chi connectivity index (χ3n) is 11.2. The number of nitrogens with zero attached hydrogens (tertiary/aromatic N) is 3. The molecule has 1 unspecified atom stereocenters. The van der Waals surface area contributed by atoms with Gasteiger partial charge in [0.1, 0.15) is 0 Å². The molecular weight excluding hydrogens is 619 g/mol. The van der Waals surface area contributed by atoms with Gasteiger partial charge in [-0.05, 0) is 97.1 Å². The van der Waals surface area contributed by atoms with Gasteiger partial charge in [-0.15, -0.1) is 0 Å². The Kier molecular flexibility index (Phi) is 6.20. The summed E-state index contributed by atoms with van der Waals surface area (Å²) in [6, 6.07) is 47.9. The lowest BCUT2D eigenvalue weighted by Crippen LogP contribution is -2.06. The van der Waals surface area contributed by atoms with Crippen LogP contribution in [0, 0.1) is 0 Å². The second-order valence-electron chi connectivity index (χ2n) is 14.0. The Labute approximate surface area is 296 Å². The van der Waals surface area contributed by atoms with Crippen LogP contribution in [-0.4, -0.2) is 13.7 Å². The highest BCUT2D eigenvalue weighted by Gasteiger charge is 2.20. The standard InChI is InChI=1S/C48H35N3/c1-3-13-34(14-4-1)49-43-20-10-7-17-37(43)40-29-32(23-26-46(40)49)33-24-27-47-41(30-33)38-18-8-12-22-45(38)51(47)36-25-28-48-42(31-36)39-19-9-11-21-44(39)50(48)35-15-5-2-6-16-35/h2-3,5-15,17-31,35H,1,4,16H2. The number of para-hydroxylation sites is 3. The maximum Gasteiger partial charge on any atom is 0.0560 e. The van der Waals surface area contributed by atoms with Gasteiger partial charge in [-0.2, -0.15) is 0 Å². The van der Waals surface area contributed by atoms with Gasteiger partial charge in [-0.3, -0.25) is 0 Å². The topological polar surface area (TPSA) is 14.8 Å². The molecule has 0 bridgehead atoms. The van der Waals surface area contributed by atoms with E-state index in [9.17, 15) is 0 Å². The van der Waals surface area contributed by atoms with Gasteiger partial charge in [0.25, 0.3) is 0 Å². The fraction of sp³-hybridized carbons (Fsp3) is 0.0833. The van der Waals surface area contributed by atoms with Crippen LogP contribution in [0.2, 0.25) is 0 Å². The monoisotopic (exact) mass is 653 g/mol. The highest BCUT2D eigenvalue weighted by Crippen LogP contribution is 2.40. The molecule has 3 aromatic heterocycles. The van der Waals surface area contributed by atoms with Crippen LogP contribution in [0.15, 0.2) is 170 Å². The Morgan fingerprint density at radius 1 is 0.451 bits per heavy atom. The van der Waals surface area contributed by atoms with Crippen molar-refractivity contribution in [2.45, 2.75) is 25.3 Å². The number of aromatic nitrogens is 3. The van der Waals surface area contributed by atoms with E-state index in [1.807, 2.05) is 0 Å². The molecular formula is C48H35N3. The number of fused-ring (bicyclic) bond motifs is 9. The Balaban J connectivity index is 1.09. The molecule has 51 heavy (non-hydrogen) atoms. The SMILES string of the molecule is C1=CCC(n2c3ccccc3c3cc(-n4c5ccccc5c5cc(-c6ccc7c(c6)c6ccccc6n7C6=CCCC=C6)ccc54)ccc32)C=C1. The third-order valence-corrected chi connectivity index (χ3v) is 11.2. The minimum atomic E-state index is 0.312. The first-order valence-electron chi connectivity index (χ1n) is 18.1. The highest BCUT2D eigenvalue weighted by molar-refractivity contribution is 6.14. The van der Waals surface area contributed by atoms with Crippen molar-refractivity contribution < 1.29 is 0 Å². The van der Waals surface area contributed by atoms with Crippen molar-refractivity contribution in [3.8, 4) is 16.8 Å². The molecule has 3 nitrogen and oxygen atoms in total. The second-order valence-corrected chi connectivity index (χ2v) is 14.0. The van der Waals surface area contributed by atoms with Crippen molar-refractivity contribution in [1.82, 2.24) is 13.7 Å². The van der Waals surface area contributed by atoms with Crippen LogP contribution in [-0.2, 0) is 0 Å². The molecule has 0 saturated carbocycles. The van der Waals surface area contributed by atoms with E-state index in [0.29, 0.717) is 6.04 Å². The van der Waals surface area contributed by atoms with Crippen LogP contribution in [0.1, 0.15) is 25.3 Å². The van der Waals surface area contributed by atoms with E-state index in [4.69, 9.17) is 0 Å². The molecule has 11 rings (SSSR count). The van der Waals surface area contributed by atoms with Gasteiger partial charge in [0, 0.05) is 54.7 Å². The first-order chi connectivity index (χ1) is 25.3. The Morgan fingerprint density at radius 2 is 1.02 bits per heavy atom. The van der Waals surface area contributed by atoms with Gasteiger partial charge < -0.3 is 13.7 Å². The summed E-state index contributed by atoms with van der Waals surface area (Å²) in [6.07, 6.45) is 19.1. The van der Waals surface area contributed by atoms with E-state index in [0.717, 1.165) is 19.3 Å². The first-order valence-corrected chi connectivity index (χ1v) is 18.1. The van der Waals surface area contributed by atoms with Gasteiger partial charge >= 0.3 is 0 Å². The van der Waals surface area contributed by atoms with Crippen LogP contribution in [0.5, 0.6) is 0 Å². The minimum Gasteiger partial charge on any atom is -0.333 e. The molecule has 2 aliphatic carbocycles. The maximum absolute atomic E-state index is 2.52. The van der Waals surface area contributed by atoms with E-state index in [1.165, 1.54) is 87.9 Å². The van der Waals surface area contributed by atoms with Crippen LogP contribution in [0.4, 0.5) is 0 Å². The lowest BCUT2D eigenvalue weighted by molar-refractivity contribution is 0.648. The molecule has 0 fully saturated rings. The zero-order valence-electron chi connectivity index (χ0n) is 28.2. The molecule has 3 heterocycles. The fourth-order valence-corrected chi connectivity index (χ4v) is 8.87. The molecule has 0 spiro atoms. The van der Waals surface area contributed by atoms with Crippen molar-refractivity contribution in [2.24, 2.45) is 0 Å². The molecule has 0 saturated heterocycles. The van der Waals surface area contributed by atoms with Crippen molar-refractivity contribution in [3.63, 3.8) is 0 Å². The van der Waals surface area contributed by atoms with Gasteiger partial charge in [0.2, 0.25) is 0 Å². The molecule has 1 atom stereocenters. The summed E-state index contributed by atoms with van der Waals surface area (Å²) in [6.45, 7) is 0. The molecule has 0 aliphatic heterocycles. The van der Waals surface area contributed by atoms with Crippen LogP contribution >= 0.6 is 0 Å². The highest BCUT2D eigenvalue weighted by atomic mass is 15.0. The molecule has 9 aromatic rings. The van der Waals surface area contributed by atoms with Crippen molar-refractivity contribution in [3.05, 3.63) is 170 Å². The van der Waals surface area contributed by atoms with E-state index < -0.39 is 0 Å². The number of rotatable bonds is 4. The number of hydrogen-bond donors (Lipinski definition) is 0. The van der Waals surface area contributed by atoms with Crippen molar-refractivity contribution in [2.75, 3.05) is 0 Å². The van der Waals surface area contributed by atoms with Gasteiger partial charge in [-0.1, -0.05) is 103 Å². The molecule has 2 aliphatic rings. The molecule has 3 heteroatoms. The van der Waals surface area contributed by atoms with E-state index >= 15 is 0 Å². The van der Waals surface area contributed by atoms with Crippen LogP contribution in [0.3, 0.4) is 0 Å². The number of hydrogen-bond acceptors (Lipinski definition) is 0. The second kappa shape index (κ2) is 11.1. The van der Waals surface area contributed by atoms with Gasteiger partial charge in [0.15, 0.2) is 0 Å². The molecule has 0 amide bonds. The van der Waals surface area contributed by atoms with Crippen LogP contribution in [0.25, 0.3) is 87.9 Å². The van der Waals surface area contributed by atoms with E-state index in [1.54, 1.807) is 0 Å². The van der Waals surface area contributed by atoms with E-state index in [2.05, 4.69) is 184 Å². The number of benzene rings is 6. The minimum absolute atomic E-state index is 0.312. The summed E-state index contributed by atoms with van der Waals surface area (Å²) in [7, 11) is 0.